The Bertz CT molecular complexity index is 588. The highest BCUT2D eigenvalue weighted by Gasteiger charge is 2.65. The number of thiophene rings is 1. The zero-order valence-corrected chi connectivity index (χ0v) is 13.4. The van der Waals surface area contributed by atoms with Crippen LogP contribution in [0.1, 0.15) is 47.8 Å². The van der Waals surface area contributed by atoms with Crippen molar-refractivity contribution in [2.45, 2.75) is 40.7 Å². The largest absolute Gasteiger partial charge is 0.384 e. The van der Waals surface area contributed by atoms with Gasteiger partial charge in [-0.3, -0.25) is 4.79 Å². The van der Waals surface area contributed by atoms with Crippen molar-refractivity contribution in [3.05, 3.63) is 21.4 Å². The molecule has 0 bridgehead atoms. The van der Waals surface area contributed by atoms with Crippen molar-refractivity contribution in [2.75, 3.05) is 6.61 Å². The van der Waals surface area contributed by atoms with Crippen molar-refractivity contribution in [2.24, 2.45) is 10.8 Å². The summed E-state index contributed by atoms with van der Waals surface area (Å²) in [4.78, 5) is 13.8. The van der Waals surface area contributed by atoms with Gasteiger partial charge in [0.15, 0.2) is 0 Å². The number of aryl methyl sites for hydroxylation is 1. The number of aliphatic hydroxyl groups excluding tert-OH is 1. The van der Waals surface area contributed by atoms with Crippen LogP contribution >= 0.6 is 11.3 Å². The Labute approximate surface area is 124 Å². The molecule has 0 spiro atoms. The fourth-order valence-corrected chi connectivity index (χ4v) is 3.55. The van der Waals surface area contributed by atoms with Crippen LogP contribution in [0.5, 0.6) is 0 Å². The number of hydrogen-bond donors (Lipinski definition) is 2. The highest BCUT2D eigenvalue weighted by atomic mass is 32.1. The summed E-state index contributed by atoms with van der Waals surface area (Å²) >= 11 is 1.38. The van der Waals surface area contributed by atoms with Gasteiger partial charge < -0.3 is 10.4 Å². The van der Waals surface area contributed by atoms with Gasteiger partial charge in [0, 0.05) is 6.04 Å². The Balaban J connectivity index is 2.12. The first-order chi connectivity index (χ1) is 9.21. The third-order valence-electron chi connectivity index (χ3n) is 4.72. The second kappa shape index (κ2) is 4.91. The lowest BCUT2D eigenvalue weighted by atomic mass is 10.0. The Morgan fingerprint density at radius 1 is 1.40 bits per heavy atom. The van der Waals surface area contributed by atoms with Gasteiger partial charge in [-0.2, -0.15) is 0 Å². The molecule has 1 aliphatic carbocycles. The van der Waals surface area contributed by atoms with Crippen LogP contribution in [0.15, 0.2) is 6.07 Å². The molecule has 0 aromatic carbocycles. The summed E-state index contributed by atoms with van der Waals surface area (Å²) in [7, 11) is 0. The molecule has 0 atom stereocenters. The van der Waals surface area contributed by atoms with Crippen molar-refractivity contribution in [3.63, 3.8) is 0 Å². The molecule has 1 aliphatic rings. The summed E-state index contributed by atoms with van der Waals surface area (Å²) in [5, 5.41) is 11.8. The van der Waals surface area contributed by atoms with Crippen molar-refractivity contribution < 1.29 is 9.90 Å². The molecule has 1 fully saturated rings. The summed E-state index contributed by atoms with van der Waals surface area (Å²) in [6.07, 6.45) is 0. The topological polar surface area (TPSA) is 49.3 Å². The van der Waals surface area contributed by atoms with Crippen LogP contribution < -0.4 is 5.32 Å². The quantitative estimate of drug-likeness (QED) is 0.823. The Morgan fingerprint density at radius 2 is 2.00 bits per heavy atom. The fraction of sp³-hybridized carbons (Fsp3) is 0.562. The molecule has 0 saturated heterocycles. The number of carbonyl (C=O) groups excluding carboxylic acids is 1. The number of aliphatic hydroxyl groups is 1. The van der Waals surface area contributed by atoms with Crippen LogP contribution in [0.2, 0.25) is 0 Å². The molecule has 4 heteroatoms. The number of nitrogens with one attached hydrogen (secondary N) is 1. The van der Waals surface area contributed by atoms with E-state index in [1.165, 1.54) is 11.3 Å². The van der Waals surface area contributed by atoms with Crippen LogP contribution in [-0.2, 0) is 0 Å². The maximum absolute atomic E-state index is 12.3. The van der Waals surface area contributed by atoms with Crippen molar-refractivity contribution in [3.8, 4) is 11.8 Å². The number of carbonyl (C=O) groups is 1. The normalized spacial score (nSPS) is 19.1. The minimum Gasteiger partial charge on any atom is -0.384 e. The van der Waals surface area contributed by atoms with Gasteiger partial charge >= 0.3 is 0 Å². The third-order valence-corrected chi connectivity index (χ3v) is 5.87. The van der Waals surface area contributed by atoms with Crippen LogP contribution in [-0.4, -0.2) is 23.7 Å². The van der Waals surface area contributed by atoms with E-state index in [-0.39, 0.29) is 29.4 Å². The molecular formula is C16H21NO2S. The van der Waals surface area contributed by atoms with Gasteiger partial charge in [-0.1, -0.05) is 39.5 Å². The zero-order valence-electron chi connectivity index (χ0n) is 12.6. The molecule has 1 aromatic rings. The molecule has 1 saturated carbocycles. The lowest BCUT2D eigenvalue weighted by molar-refractivity contribution is 0.0947. The van der Waals surface area contributed by atoms with Gasteiger partial charge in [-0.25, -0.2) is 0 Å². The van der Waals surface area contributed by atoms with Gasteiger partial charge in [-0.15, -0.1) is 11.3 Å². The van der Waals surface area contributed by atoms with Crippen LogP contribution in [0.3, 0.4) is 0 Å². The molecule has 108 valence electrons. The van der Waals surface area contributed by atoms with E-state index in [0.29, 0.717) is 4.88 Å². The van der Waals surface area contributed by atoms with Crippen molar-refractivity contribution >= 4 is 17.2 Å². The molecule has 2 N–H and O–H groups in total. The van der Waals surface area contributed by atoms with Gasteiger partial charge in [0.2, 0.25) is 0 Å². The summed E-state index contributed by atoms with van der Waals surface area (Å²) in [5.74, 6) is 5.47. The Hall–Kier alpha value is -1.31. The highest BCUT2D eigenvalue weighted by molar-refractivity contribution is 7.14. The zero-order chi connectivity index (χ0) is 15.1. The summed E-state index contributed by atoms with van der Waals surface area (Å²) in [6, 6.07) is 2.07. The maximum Gasteiger partial charge on any atom is 0.261 e. The maximum atomic E-state index is 12.3. The van der Waals surface area contributed by atoms with Gasteiger partial charge in [0.1, 0.15) is 6.61 Å². The molecular weight excluding hydrogens is 270 g/mol. The smallest absolute Gasteiger partial charge is 0.261 e. The van der Waals surface area contributed by atoms with E-state index in [0.717, 1.165) is 10.4 Å². The number of amides is 1. The van der Waals surface area contributed by atoms with E-state index in [9.17, 15) is 4.79 Å². The average molecular weight is 291 g/mol. The van der Waals surface area contributed by atoms with Gasteiger partial charge in [0.05, 0.1) is 9.75 Å². The van der Waals surface area contributed by atoms with E-state index in [4.69, 9.17) is 5.11 Å². The third kappa shape index (κ3) is 2.36. The minimum atomic E-state index is -0.163. The van der Waals surface area contributed by atoms with Crippen LogP contribution in [0.4, 0.5) is 0 Å². The van der Waals surface area contributed by atoms with E-state index >= 15 is 0 Å². The molecule has 20 heavy (non-hydrogen) atoms. The van der Waals surface area contributed by atoms with E-state index in [1.54, 1.807) is 0 Å². The van der Waals surface area contributed by atoms with Crippen molar-refractivity contribution in [1.82, 2.24) is 5.32 Å². The lowest BCUT2D eigenvalue weighted by Gasteiger charge is -2.04. The van der Waals surface area contributed by atoms with Gasteiger partial charge in [-0.05, 0) is 29.4 Å². The molecule has 3 nitrogen and oxygen atoms in total. The van der Waals surface area contributed by atoms with E-state index < -0.39 is 0 Å². The lowest BCUT2D eigenvalue weighted by Crippen LogP contribution is -2.29. The molecule has 0 aliphatic heterocycles. The van der Waals surface area contributed by atoms with Gasteiger partial charge in [0.25, 0.3) is 5.91 Å². The standard InChI is InChI=1S/C16H21NO2S/c1-10-9-12(20-11(10)7-6-8-18)13(19)17-14-15(2,3)16(14,4)5/h9,14,18H,8H2,1-5H3,(H,17,19). The Morgan fingerprint density at radius 3 is 2.50 bits per heavy atom. The highest BCUT2D eigenvalue weighted by Crippen LogP contribution is 2.62. The molecule has 1 heterocycles. The summed E-state index contributed by atoms with van der Waals surface area (Å²) < 4.78 is 0. The number of rotatable bonds is 2. The first-order valence-corrected chi connectivity index (χ1v) is 7.54. The second-order valence-electron chi connectivity index (χ2n) is 6.43. The molecule has 1 aromatic heterocycles. The predicted octanol–water partition coefficient (Wildman–Crippen LogP) is 2.56. The van der Waals surface area contributed by atoms with E-state index in [2.05, 4.69) is 44.9 Å². The van der Waals surface area contributed by atoms with Crippen molar-refractivity contribution in [1.29, 1.82) is 0 Å². The SMILES string of the molecule is Cc1cc(C(=O)NC2C(C)(C)C2(C)C)sc1C#CCO. The van der Waals surface area contributed by atoms with Crippen LogP contribution in [0, 0.1) is 29.6 Å². The van der Waals surface area contributed by atoms with E-state index in [1.807, 2.05) is 13.0 Å². The number of hydrogen-bond acceptors (Lipinski definition) is 3. The predicted molar refractivity (Wildman–Crippen MR) is 81.8 cm³/mol. The Kier molecular flexibility index (Phi) is 3.70. The second-order valence-corrected chi connectivity index (χ2v) is 7.48. The molecule has 0 unspecified atom stereocenters. The summed E-state index contributed by atoms with van der Waals surface area (Å²) in [6.45, 7) is 10.5. The average Bonchev–Trinajstić information content (AvgIpc) is 2.66. The first kappa shape index (κ1) is 15.1. The molecule has 2 rings (SSSR count). The molecule has 1 amide bonds. The fourth-order valence-electron chi connectivity index (χ4n) is 2.60. The monoisotopic (exact) mass is 291 g/mol. The summed E-state index contributed by atoms with van der Waals surface area (Å²) in [5.41, 5.74) is 1.25. The van der Waals surface area contributed by atoms with Crippen LogP contribution in [0.25, 0.3) is 0 Å². The molecule has 0 radical (unpaired) electrons. The minimum absolute atomic E-state index is 0.0289. The first-order valence-electron chi connectivity index (χ1n) is 6.73.